The number of benzene rings is 2. The third-order valence-electron chi connectivity index (χ3n) is 5.88. The number of thiophene rings is 1. The van der Waals surface area contributed by atoms with E-state index in [2.05, 4.69) is 21.5 Å². The zero-order chi connectivity index (χ0) is 24.7. The monoisotopic (exact) mass is 488 g/mol. The highest BCUT2D eigenvalue weighted by atomic mass is 32.1. The number of ether oxygens (including phenoxy) is 1. The number of phenolic OH excluding ortho intramolecular Hbond substituents is 1. The van der Waals surface area contributed by atoms with Gasteiger partial charge in [-0.3, -0.25) is 4.90 Å². The summed E-state index contributed by atoms with van der Waals surface area (Å²) in [5.74, 6) is 1.08. The molecule has 1 aliphatic rings. The summed E-state index contributed by atoms with van der Waals surface area (Å²) in [4.78, 5) is 20.6. The fourth-order valence-corrected chi connectivity index (χ4v) is 5.04. The summed E-state index contributed by atoms with van der Waals surface area (Å²) >= 11 is 1.51. The van der Waals surface area contributed by atoms with Crippen LogP contribution < -0.4 is 15.0 Å². The lowest BCUT2D eigenvalue weighted by Crippen LogP contribution is -2.46. The van der Waals surface area contributed by atoms with E-state index in [4.69, 9.17) is 9.26 Å². The summed E-state index contributed by atoms with van der Waals surface area (Å²) in [6.07, 6.45) is 0. The SMILES string of the molecule is COc1ccc(C2NC(=O)N(c3cc(C)cc(C)c3)C(C)=C2c2nc(-c3cccs3)no2)cc1O. The fraction of sp³-hybridized carbons (Fsp3) is 0.192. The number of urea groups is 1. The number of carbonyl (C=O) groups is 1. The highest BCUT2D eigenvalue weighted by molar-refractivity contribution is 7.13. The molecule has 0 saturated heterocycles. The first-order valence-electron chi connectivity index (χ1n) is 11.0. The lowest BCUT2D eigenvalue weighted by molar-refractivity contribution is 0.244. The summed E-state index contributed by atoms with van der Waals surface area (Å²) in [7, 11) is 1.48. The Hall–Kier alpha value is -4.11. The Morgan fingerprint density at radius 3 is 2.54 bits per heavy atom. The lowest BCUT2D eigenvalue weighted by Gasteiger charge is -2.35. The molecule has 4 aromatic rings. The van der Waals surface area contributed by atoms with E-state index in [0.29, 0.717) is 34.3 Å². The molecule has 1 atom stereocenters. The maximum atomic E-state index is 13.4. The maximum absolute atomic E-state index is 13.4. The van der Waals surface area contributed by atoms with E-state index < -0.39 is 6.04 Å². The number of anilines is 1. The quantitative estimate of drug-likeness (QED) is 0.366. The molecule has 9 heteroatoms. The average Bonchev–Trinajstić information content (AvgIpc) is 3.50. The van der Waals surface area contributed by atoms with Crippen molar-refractivity contribution in [1.29, 1.82) is 0 Å². The predicted octanol–water partition coefficient (Wildman–Crippen LogP) is 5.83. The number of hydrogen-bond acceptors (Lipinski definition) is 7. The Bertz CT molecular complexity index is 1420. The van der Waals surface area contributed by atoms with E-state index in [-0.39, 0.29) is 11.8 Å². The highest BCUT2D eigenvalue weighted by Gasteiger charge is 2.37. The average molecular weight is 489 g/mol. The molecule has 0 fully saturated rings. The summed E-state index contributed by atoms with van der Waals surface area (Å²) < 4.78 is 10.9. The van der Waals surface area contributed by atoms with Gasteiger partial charge in [0.15, 0.2) is 11.5 Å². The van der Waals surface area contributed by atoms with Gasteiger partial charge in [-0.25, -0.2) is 4.79 Å². The second-order valence-electron chi connectivity index (χ2n) is 8.39. The van der Waals surface area contributed by atoms with Crippen LogP contribution in [-0.2, 0) is 0 Å². The largest absolute Gasteiger partial charge is 0.504 e. The van der Waals surface area contributed by atoms with Crippen molar-refractivity contribution in [2.45, 2.75) is 26.8 Å². The van der Waals surface area contributed by atoms with Gasteiger partial charge >= 0.3 is 6.03 Å². The summed E-state index contributed by atoms with van der Waals surface area (Å²) in [6.45, 7) is 5.84. The second-order valence-corrected chi connectivity index (χ2v) is 9.34. The van der Waals surface area contributed by atoms with Gasteiger partial charge in [-0.05, 0) is 73.2 Å². The van der Waals surface area contributed by atoms with Crippen molar-refractivity contribution in [3.8, 4) is 22.2 Å². The van der Waals surface area contributed by atoms with Crippen LogP contribution in [-0.4, -0.2) is 28.4 Å². The van der Waals surface area contributed by atoms with Gasteiger partial charge in [-0.2, -0.15) is 4.98 Å². The van der Waals surface area contributed by atoms with Crippen LogP contribution >= 0.6 is 11.3 Å². The fourth-order valence-electron chi connectivity index (χ4n) is 4.39. The van der Waals surface area contributed by atoms with E-state index in [1.165, 1.54) is 18.4 Å². The van der Waals surface area contributed by atoms with Crippen LogP contribution in [0.1, 0.15) is 35.5 Å². The molecular formula is C26H24N4O4S. The van der Waals surface area contributed by atoms with Crippen molar-refractivity contribution in [3.63, 3.8) is 0 Å². The van der Waals surface area contributed by atoms with Crippen molar-refractivity contribution in [2.75, 3.05) is 12.0 Å². The van der Waals surface area contributed by atoms with E-state index in [1.54, 1.807) is 23.1 Å². The standard InChI is InChI=1S/C26H24N4O4S/c1-14-10-15(2)12-18(11-14)30-16(3)22(25-28-24(29-34-25)21-6-5-9-35-21)23(27-26(30)32)17-7-8-20(33-4)19(31)13-17/h5-13,23,31H,1-4H3,(H,27,32). The molecule has 1 aliphatic heterocycles. The van der Waals surface area contributed by atoms with Crippen molar-refractivity contribution in [2.24, 2.45) is 0 Å². The van der Waals surface area contributed by atoms with E-state index in [1.807, 2.05) is 50.4 Å². The number of methoxy groups -OCH3 is 1. The van der Waals surface area contributed by atoms with Crippen LogP contribution in [0.15, 0.2) is 64.1 Å². The van der Waals surface area contributed by atoms with E-state index >= 15 is 0 Å². The Labute approximate surface area is 206 Å². The van der Waals surface area contributed by atoms with Crippen LogP contribution in [0.5, 0.6) is 11.5 Å². The number of amides is 2. The van der Waals surface area contributed by atoms with Gasteiger partial charge in [0.05, 0.1) is 29.3 Å². The summed E-state index contributed by atoms with van der Waals surface area (Å²) in [5.41, 5.74) is 4.78. The van der Waals surface area contributed by atoms with E-state index in [9.17, 15) is 9.90 Å². The smallest absolute Gasteiger partial charge is 0.326 e. The number of rotatable bonds is 5. The number of aromatic hydroxyl groups is 1. The topological polar surface area (TPSA) is 101 Å². The Balaban J connectivity index is 1.68. The molecule has 8 nitrogen and oxygen atoms in total. The zero-order valence-electron chi connectivity index (χ0n) is 19.7. The minimum Gasteiger partial charge on any atom is -0.504 e. The van der Waals surface area contributed by atoms with Gasteiger partial charge in [0.25, 0.3) is 5.89 Å². The molecule has 0 bridgehead atoms. The minimum absolute atomic E-state index is 0.0298. The van der Waals surface area contributed by atoms with Crippen molar-refractivity contribution < 1.29 is 19.2 Å². The number of phenols is 1. The molecule has 2 amide bonds. The molecule has 0 spiro atoms. The molecule has 0 saturated carbocycles. The van der Waals surface area contributed by atoms with Crippen LogP contribution in [0.4, 0.5) is 10.5 Å². The first kappa shape index (κ1) is 22.7. The van der Waals surface area contributed by atoms with Gasteiger partial charge < -0.3 is 19.7 Å². The molecular weight excluding hydrogens is 464 g/mol. The van der Waals surface area contributed by atoms with Crippen molar-refractivity contribution in [1.82, 2.24) is 15.5 Å². The first-order chi connectivity index (χ1) is 16.9. The van der Waals surface area contributed by atoms with Gasteiger partial charge in [0.1, 0.15) is 0 Å². The van der Waals surface area contributed by atoms with Crippen LogP contribution in [0.25, 0.3) is 16.3 Å². The Kier molecular flexibility index (Phi) is 5.78. The number of aryl methyl sites for hydroxylation is 2. The number of carbonyl (C=O) groups excluding carboxylic acids is 1. The molecule has 2 N–H and O–H groups in total. The molecule has 178 valence electrons. The zero-order valence-corrected chi connectivity index (χ0v) is 20.5. The summed E-state index contributed by atoms with van der Waals surface area (Å²) in [5, 5.41) is 19.6. The van der Waals surface area contributed by atoms with Crippen LogP contribution in [0.2, 0.25) is 0 Å². The van der Waals surface area contributed by atoms with Gasteiger partial charge in [0, 0.05) is 5.70 Å². The molecule has 2 aromatic heterocycles. The summed E-state index contributed by atoms with van der Waals surface area (Å²) in [6, 6.07) is 13.9. The third kappa shape index (κ3) is 4.15. The van der Waals surface area contributed by atoms with Crippen LogP contribution in [0.3, 0.4) is 0 Å². The number of allylic oxidation sites excluding steroid dienone is 1. The molecule has 1 unspecified atom stereocenters. The molecule has 0 radical (unpaired) electrons. The molecule has 5 rings (SSSR count). The molecule has 3 heterocycles. The second kappa shape index (κ2) is 8.92. The Morgan fingerprint density at radius 2 is 1.89 bits per heavy atom. The number of nitrogens with zero attached hydrogens (tertiary/aromatic N) is 3. The number of hydrogen-bond donors (Lipinski definition) is 2. The van der Waals surface area contributed by atoms with Gasteiger partial charge in [-0.15, -0.1) is 11.3 Å². The number of nitrogens with one attached hydrogen (secondary N) is 1. The minimum atomic E-state index is -0.627. The van der Waals surface area contributed by atoms with E-state index in [0.717, 1.165) is 21.7 Å². The Morgan fingerprint density at radius 1 is 1.11 bits per heavy atom. The molecule has 0 aliphatic carbocycles. The highest BCUT2D eigenvalue weighted by Crippen LogP contribution is 2.41. The van der Waals surface area contributed by atoms with Crippen molar-refractivity contribution in [3.05, 3.63) is 82.2 Å². The first-order valence-corrected chi connectivity index (χ1v) is 11.9. The molecule has 35 heavy (non-hydrogen) atoms. The predicted molar refractivity (Wildman–Crippen MR) is 135 cm³/mol. The van der Waals surface area contributed by atoms with Gasteiger partial charge in [-0.1, -0.05) is 23.4 Å². The van der Waals surface area contributed by atoms with Crippen molar-refractivity contribution >= 4 is 28.6 Å². The third-order valence-corrected chi connectivity index (χ3v) is 6.75. The normalized spacial score (nSPS) is 15.9. The van der Waals surface area contributed by atoms with Gasteiger partial charge in [0.2, 0.25) is 5.82 Å². The maximum Gasteiger partial charge on any atom is 0.326 e. The molecule has 2 aromatic carbocycles. The lowest BCUT2D eigenvalue weighted by atomic mass is 9.94. The van der Waals surface area contributed by atoms with Crippen LogP contribution in [0, 0.1) is 13.8 Å². The number of aromatic nitrogens is 2.